The molecule has 0 unspecified atom stereocenters. The maximum atomic E-state index is 14.0. The molecule has 0 saturated heterocycles. The van der Waals surface area contributed by atoms with E-state index in [9.17, 15) is 15.1 Å². The Morgan fingerprint density at radius 1 is 0.554 bits per heavy atom. The van der Waals surface area contributed by atoms with E-state index < -0.39 is 29.8 Å². The number of amides is 1. The van der Waals surface area contributed by atoms with Crippen molar-refractivity contribution < 1.29 is 48.3 Å². The summed E-state index contributed by atoms with van der Waals surface area (Å²) in [6, 6.07) is 43.0. The largest absolute Gasteiger partial charge is 0.497 e. The molecule has 0 aliphatic carbocycles. The van der Waals surface area contributed by atoms with E-state index in [0.717, 1.165) is 27.8 Å². The molecule has 56 heavy (non-hydrogen) atoms. The number of hydrogen-bond donors (Lipinski definition) is 2. The first-order valence-corrected chi connectivity index (χ1v) is 18.3. The second-order valence-electron chi connectivity index (χ2n) is 13.3. The lowest BCUT2D eigenvalue weighted by molar-refractivity contribution is -0.241. The molecule has 11 heteroatoms. The van der Waals surface area contributed by atoms with Gasteiger partial charge >= 0.3 is 0 Å². The number of carbonyl (C=O) groups is 1. The number of carbonyl (C=O) groups excluding carboxylic acids is 1. The first kappa shape index (κ1) is 42.0. The van der Waals surface area contributed by atoms with E-state index in [0.29, 0.717) is 16.6 Å². The van der Waals surface area contributed by atoms with Gasteiger partial charge in [-0.15, -0.1) is 0 Å². The minimum atomic E-state index is -1.95. The Hall–Kier alpha value is -5.11. The summed E-state index contributed by atoms with van der Waals surface area (Å²) in [7, 11) is 4.41. The molecule has 0 radical (unpaired) electrons. The highest BCUT2D eigenvalue weighted by molar-refractivity contribution is 5.80. The molecule has 5 rings (SSSR count). The van der Waals surface area contributed by atoms with E-state index in [2.05, 4.69) is 0 Å². The van der Waals surface area contributed by atoms with Crippen LogP contribution < -0.4 is 9.47 Å². The fourth-order valence-corrected chi connectivity index (χ4v) is 6.01. The lowest BCUT2D eigenvalue weighted by Crippen LogP contribution is -2.62. The summed E-state index contributed by atoms with van der Waals surface area (Å²) < 4.78 is 42.8. The van der Waals surface area contributed by atoms with E-state index in [1.54, 1.807) is 14.2 Å². The van der Waals surface area contributed by atoms with Crippen molar-refractivity contribution >= 4 is 5.91 Å². The van der Waals surface area contributed by atoms with Crippen LogP contribution in [-0.4, -0.2) is 79.7 Å². The maximum absolute atomic E-state index is 14.0. The number of aliphatic hydroxyl groups is 1. The molecule has 0 aliphatic rings. The van der Waals surface area contributed by atoms with Gasteiger partial charge in [-0.2, -0.15) is 0 Å². The predicted molar refractivity (Wildman–Crippen MR) is 210 cm³/mol. The van der Waals surface area contributed by atoms with Crippen molar-refractivity contribution in [2.75, 3.05) is 34.5 Å². The maximum Gasteiger partial charge on any atom is 0.277 e. The van der Waals surface area contributed by atoms with E-state index in [-0.39, 0.29) is 46.2 Å². The van der Waals surface area contributed by atoms with Crippen molar-refractivity contribution in [3.05, 3.63) is 167 Å². The van der Waals surface area contributed by atoms with Crippen LogP contribution in [0.1, 0.15) is 27.8 Å². The van der Waals surface area contributed by atoms with Crippen molar-refractivity contribution in [2.24, 2.45) is 0 Å². The molecule has 0 bridgehead atoms. The third-order valence-corrected chi connectivity index (χ3v) is 9.08. The van der Waals surface area contributed by atoms with E-state index in [1.807, 2.05) is 140 Å². The number of hydrogen-bond acceptors (Lipinski definition) is 10. The lowest BCUT2D eigenvalue weighted by atomic mass is 9.90. The number of rotatable bonds is 23. The summed E-state index contributed by atoms with van der Waals surface area (Å²) in [5.41, 5.74) is 2.14. The van der Waals surface area contributed by atoms with Crippen LogP contribution in [0.25, 0.3) is 0 Å². The Bertz CT molecular complexity index is 1790. The van der Waals surface area contributed by atoms with Gasteiger partial charge in [0, 0.05) is 7.05 Å². The molecule has 0 heterocycles. The quantitative estimate of drug-likeness (QED) is 0.0544. The average Bonchev–Trinajstić information content (AvgIpc) is 3.24. The fraction of sp³-hybridized carbons (Fsp3) is 0.311. The van der Waals surface area contributed by atoms with Crippen molar-refractivity contribution in [3.63, 3.8) is 0 Å². The topological polar surface area (TPSA) is 125 Å². The molecule has 5 aromatic carbocycles. The molecule has 0 aliphatic heterocycles. The van der Waals surface area contributed by atoms with Gasteiger partial charge in [-0.3, -0.25) is 10.0 Å². The minimum absolute atomic E-state index is 0.00204. The van der Waals surface area contributed by atoms with Gasteiger partial charge < -0.3 is 38.3 Å². The van der Waals surface area contributed by atoms with Gasteiger partial charge in [0.05, 0.1) is 60.5 Å². The monoisotopic (exact) mass is 765 g/mol. The second kappa shape index (κ2) is 21.8. The van der Waals surface area contributed by atoms with Crippen LogP contribution in [0, 0.1) is 0 Å². The Morgan fingerprint density at radius 3 is 1.32 bits per heavy atom. The van der Waals surface area contributed by atoms with Gasteiger partial charge in [0.1, 0.15) is 29.3 Å². The van der Waals surface area contributed by atoms with Crippen LogP contribution in [0.15, 0.2) is 140 Å². The summed E-state index contributed by atoms with van der Waals surface area (Å²) in [6.45, 7) is -0.246. The van der Waals surface area contributed by atoms with Crippen molar-refractivity contribution in [2.45, 2.75) is 56.9 Å². The van der Waals surface area contributed by atoms with Crippen molar-refractivity contribution in [1.82, 2.24) is 5.06 Å². The smallest absolute Gasteiger partial charge is 0.277 e. The zero-order valence-electron chi connectivity index (χ0n) is 32.1. The molecular formula is C45H51NO10. The predicted octanol–water partition coefficient (Wildman–Crippen LogP) is 6.77. The van der Waals surface area contributed by atoms with Gasteiger partial charge in [0.25, 0.3) is 5.91 Å². The summed E-state index contributed by atoms with van der Waals surface area (Å²) in [6.07, 6.45) is -4.07. The Morgan fingerprint density at radius 2 is 0.929 bits per heavy atom. The molecule has 0 aromatic heterocycles. The SMILES string of the molecule is COc1ccc(COCC(O)(COCc2ccc(OC)cc2)[C@@H](OCc2ccccc2)[C@H](OCc2ccccc2)[C@@H](OCc2ccccc2)C(=O)N(C)O)cc1. The van der Waals surface area contributed by atoms with Gasteiger partial charge in [-0.1, -0.05) is 115 Å². The molecule has 3 atom stereocenters. The molecule has 0 spiro atoms. The highest BCUT2D eigenvalue weighted by Gasteiger charge is 2.50. The van der Waals surface area contributed by atoms with Gasteiger partial charge in [0.15, 0.2) is 6.10 Å². The number of likely N-dealkylation sites (N-methyl/N-ethyl adjacent to an activating group) is 1. The summed E-state index contributed by atoms with van der Waals surface area (Å²) in [5, 5.41) is 24.0. The first-order valence-electron chi connectivity index (χ1n) is 18.3. The highest BCUT2D eigenvalue weighted by Crippen LogP contribution is 2.29. The molecule has 0 saturated carbocycles. The second-order valence-corrected chi connectivity index (χ2v) is 13.3. The Kier molecular flexibility index (Phi) is 16.4. The summed E-state index contributed by atoms with van der Waals surface area (Å²) in [4.78, 5) is 14.0. The van der Waals surface area contributed by atoms with Crippen molar-refractivity contribution in [1.29, 1.82) is 0 Å². The number of nitrogens with zero attached hydrogens (tertiary/aromatic N) is 1. The number of benzene rings is 5. The molecule has 5 aromatic rings. The van der Waals surface area contributed by atoms with Gasteiger partial charge in [-0.25, -0.2) is 5.06 Å². The third-order valence-electron chi connectivity index (χ3n) is 9.08. The van der Waals surface area contributed by atoms with Crippen LogP contribution in [0.4, 0.5) is 0 Å². The van der Waals surface area contributed by atoms with E-state index in [1.165, 1.54) is 7.05 Å². The van der Waals surface area contributed by atoms with Gasteiger partial charge in [-0.05, 0) is 52.1 Å². The van der Waals surface area contributed by atoms with Crippen molar-refractivity contribution in [3.8, 4) is 11.5 Å². The fourth-order valence-electron chi connectivity index (χ4n) is 6.01. The highest BCUT2D eigenvalue weighted by atomic mass is 16.6. The number of ether oxygens (including phenoxy) is 7. The number of hydroxylamine groups is 2. The summed E-state index contributed by atoms with van der Waals surface area (Å²) >= 11 is 0. The molecule has 2 N–H and O–H groups in total. The molecule has 11 nitrogen and oxygen atoms in total. The standard InChI is InChI=1S/C45H51NO10/c1-46(49)44(47)42(55-30-35-15-9-5-10-16-35)41(54-29-34-13-7-4-8-14-34)43(56-31-36-17-11-6-12-18-36)45(48,32-52-27-37-19-23-39(50-2)24-20-37)33-53-28-38-21-25-40(51-3)26-22-38/h4-26,41-43,48-49H,27-33H2,1-3H3/t41-,42-,43+/m1/s1. The number of methoxy groups -OCH3 is 2. The molecule has 0 fully saturated rings. The van der Waals surface area contributed by atoms with Gasteiger partial charge in [0.2, 0.25) is 0 Å². The first-order chi connectivity index (χ1) is 27.3. The van der Waals surface area contributed by atoms with Crippen LogP contribution in [0.3, 0.4) is 0 Å². The minimum Gasteiger partial charge on any atom is -0.497 e. The van der Waals surface area contributed by atoms with E-state index >= 15 is 0 Å². The normalized spacial score (nSPS) is 13.1. The zero-order valence-corrected chi connectivity index (χ0v) is 32.1. The van der Waals surface area contributed by atoms with Crippen LogP contribution in [0.2, 0.25) is 0 Å². The van der Waals surface area contributed by atoms with E-state index in [4.69, 9.17) is 33.2 Å². The van der Waals surface area contributed by atoms with Crippen LogP contribution in [0.5, 0.6) is 11.5 Å². The lowest BCUT2D eigenvalue weighted by Gasteiger charge is -2.42. The Balaban J connectivity index is 1.54. The molecular weight excluding hydrogens is 714 g/mol. The molecule has 1 amide bonds. The van der Waals surface area contributed by atoms with Crippen LogP contribution >= 0.6 is 0 Å². The average molecular weight is 766 g/mol. The van der Waals surface area contributed by atoms with Crippen LogP contribution in [-0.2, 0) is 61.5 Å². The zero-order chi connectivity index (χ0) is 39.6. The third kappa shape index (κ3) is 12.7. The summed E-state index contributed by atoms with van der Waals surface area (Å²) in [5.74, 6) is 0.600. The Labute approximate surface area is 328 Å². The molecule has 296 valence electrons.